The number of rotatable bonds is 8. The molecule has 0 aromatic heterocycles. The fraction of sp³-hybridized carbons (Fsp3) is 0.912. The van der Waals surface area contributed by atoms with Crippen LogP contribution in [0, 0.1) is 63.6 Å². The normalized spacial score (nSPS) is 48.0. The molecule has 5 heteroatoms. The minimum absolute atomic E-state index is 0.0805. The molecule has 6 rings (SSSR count). The molecule has 1 saturated heterocycles. The van der Waals surface area contributed by atoms with Gasteiger partial charge in [-0.1, -0.05) is 40.7 Å². The van der Waals surface area contributed by atoms with Gasteiger partial charge in [0.1, 0.15) is 6.10 Å². The topological polar surface area (TPSA) is 76.4 Å². The second kappa shape index (κ2) is 10.0. The van der Waals surface area contributed by atoms with Crippen molar-refractivity contribution < 1.29 is 9.53 Å². The Morgan fingerprint density at radius 2 is 1.82 bits per heavy atom. The van der Waals surface area contributed by atoms with Gasteiger partial charge in [0.2, 0.25) is 0 Å². The van der Waals surface area contributed by atoms with Crippen molar-refractivity contribution in [2.24, 2.45) is 69.3 Å². The van der Waals surface area contributed by atoms with E-state index in [1.54, 1.807) is 0 Å². The molecule has 6 aliphatic rings. The second-order valence-corrected chi connectivity index (χ2v) is 15.9. The first-order valence-electron chi connectivity index (χ1n) is 16.6. The van der Waals surface area contributed by atoms with Crippen LogP contribution in [0.3, 0.4) is 0 Å². The number of amides is 1. The first kappa shape index (κ1) is 28.1. The first-order valence-corrected chi connectivity index (χ1v) is 16.6. The van der Waals surface area contributed by atoms with Gasteiger partial charge in [-0.15, -0.1) is 6.58 Å². The Morgan fingerprint density at radius 1 is 1.10 bits per heavy atom. The van der Waals surface area contributed by atoms with Crippen LogP contribution in [0.2, 0.25) is 0 Å². The number of carbonyl (C=O) groups is 1. The van der Waals surface area contributed by atoms with Crippen molar-refractivity contribution in [1.29, 1.82) is 0 Å². The lowest BCUT2D eigenvalue weighted by molar-refractivity contribution is -0.1000. The van der Waals surface area contributed by atoms with Gasteiger partial charge in [0.15, 0.2) is 0 Å². The van der Waals surface area contributed by atoms with Gasteiger partial charge in [0.05, 0.1) is 6.04 Å². The van der Waals surface area contributed by atoms with E-state index in [0.717, 1.165) is 43.2 Å². The molecule has 12 unspecified atom stereocenters. The smallest absolute Gasteiger partial charge is 0.407 e. The number of ether oxygens (including phenoxy) is 1. The Bertz CT molecular complexity index is 949. The van der Waals surface area contributed by atoms with Crippen LogP contribution in [0.4, 0.5) is 4.79 Å². The number of nitrogens with one attached hydrogen (secondary N) is 2. The number of fused-ring (bicyclic) bond motifs is 2. The van der Waals surface area contributed by atoms with Crippen molar-refractivity contribution in [2.45, 2.75) is 117 Å². The van der Waals surface area contributed by atoms with Crippen LogP contribution in [-0.4, -0.2) is 37.4 Å². The highest BCUT2D eigenvalue weighted by Crippen LogP contribution is 2.86. The number of carbonyl (C=O) groups excluding carboxylic acids is 1. The predicted octanol–water partition coefficient (Wildman–Crippen LogP) is 6.52. The van der Waals surface area contributed by atoms with Gasteiger partial charge in [-0.2, -0.15) is 0 Å². The van der Waals surface area contributed by atoms with Gasteiger partial charge in [-0.25, -0.2) is 4.79 Å². The zero-order chi connectivity index (χ0) is 27.7. The summed E-state index contributed by atoms with van der Waals surface area (Å²) >= 11 is 0. The zero-order valence-corrected chi connectivity index (χ0v) is 25.5. The summed E-state index contributed by atoms with van der Waals surface area (Å²) < 4.78 is 6.06. The van der Waals surface area contributed by atoms with Crippen molar-refractivity contribution in [2.75, 3.05) is 13.1 Å². The zero-order valence-electron chi connectivity index (χ0n) is 25.5. The van der Waals surface area contributed by atoms with Crippen molar-refractivity contribution in [3.05, 3.63) is 12.7 Å². The van der Waals surface area contributed by atoms with E-state index in [9.17, 15) is 4.79 Å². The van der Waals surface area contributed by atoms with Crippen LogP contribution in [0.25, 0.3) is 0 Å². The van der Waals surface area contributed by atoms with E-state index in [1.807, 2.05) is 0 Å². The molecule has 0 aromatic carbocycles. The number of allylic oxidation sites excluding steroid dienone is 1. The Kier molecular flexibility index (Phi) is 7.22. The largest absolute Gasteiger partial charge is 0.446 e. The van der Waals surface area contributed by atoms with E-state index in [2.05, 4.69) is 57.9 Å². The van der Waals surface area contributed by atoms with E-state index < -0.39 is 0 Å². The molecule has 220 valence electrons. The van der Waals surface area contributed by atoms with E-state index >= 15 is 0 Å². The molecule has 1 heterocycles. The van der Waals surface area contributed by atoms with Gasteiger partial charge < -0.3 is 21.1 Å². The monoisotopic (exact) mass is 539 g/mol. The maximum Gasteiger partial charge on any atom is 0.407 e. The van der Waals surface area contributed by atoms with Crippen LogP contribution in [0.1, 0.15) is 98.8 Å². The average molecular weight is 540 g/mol. The minimum atomic E-state index is -0.196. The maximum absolute atomic E-state index is 12.6. The summed E-state index contributed by atoms with van der Waals surface area (Å²) in [5.41, 5.74) is 8.11. The maximum atomic E-state index is 12.6. The summed E-state index contributed by atoms with van der Waals surface area (Å²) in [4.78, 5) is 12.6. The number of alkyl carbamates (subject to hydrolysis) is 1. The summed E-state index contributed by atoms with van der Waals surface area (Å²) in [5, 5.41) is 6.27. The fourth-order valence-corrected chi connectivity index (χ4v) is 11.7. The molecule has 4 N–H and O–H groups in total. The third-order valence-corrected chi connectivity index (χ3v) is 14.2. The molecule has 0 aromatic rings. The Labute approximate surface area is 238 Å². The molecule has 1 amide bonds. The quantitative estimate of drug-likeness (QED) is 0.307. The third kappa shape index (κ3) is 4.25. The Balaban J connectivity index is 1.14. The van der Waals surface area contributed by atoms with Crippen molar-refractivity contribution >= 4 is 6.09 Å². The Morgan fingerprint density at radius 3 is 2.49 bits per heavy atom. The second-order valence-electron chi connectivity index (χ2n) is 15.9. The molecule has 39 heavy (non-hydrogen) atoms. The summed E-state index contributed by atoms with van der Waals surface area (Å²) in [6.07, 6.45) is 15.4. The number of hydrogen-bond acceptors (Lipinski definition) is 4. The highest BCUT2D eigenvalue weighted by molar-refractivity contribution is 5.68. The van der Waals surface area contributed by atoms with Crippen LogP contribution >= 0.6 is 0 Å². The van der Waals surface area contributed by atoms with Gasteiger partial charge >= 0.3 is 6.09 Å². The fourth-order valence-electron chi connectivity index (χ4n) is 11.7. The molecule has 2 spiro atoms. The van der Waals surface area contributed by atoms with E-state index in [4.69, 9.17) is 10.5 Å². The van der Waals surface area contributed by atoms with Crippen molar-refractivity contribution in [3.8, 4) is 0 Å². The molecule has 5 nitrogen and oxygen atoms in total. The highest BCUT2D eigenvalue weighted by atomic mass is 16.6. The minimum Gasteiger partial charge on any atom is -0.446 e. The predicted molar refractivity (Wildman–Crippen MR) is 158 cm³/mol. The third-order valence-electron chi connectivity index (χ3n) is 14.2. The molecule has 5 aliphatic carbocycles. The molecule has 0 radical (unpaired) electrons. The standard InChI is InChI=1S/C34H57N3O2/c1-7-23-16-28-27-11-10-25-22(5)29(39-31(38)37-24-17-36-18-24)12-13-33(25)19-34(27,33)15-14-32(28,6)26(23)9-8-21(4)30(35)20(2)3/h7,20-30,36H,1,8-19,35H2,2-6H3,(H,37,38). The van der Waals surface area contributed by atoms with E-state index in [1.165, 1.54) is 57.8 Å². The van der Waals surface area contributed by atoms with Gasteiger partial charge in [0, 0.05) is 19.1 Å². The van der Waals surface area contributed by atoms with Gasteiger partial charge in [-0.3, -0.25) is 0 Å². The van der Waals surface area contributed by atoms with Crippen LogP contribution in [-0.2, 0) is 4.74 Å². The lowest BCUT2D eigenvalue weighted by atomic mass is 9.48. The Hall–Kier alpha value is -1.07. The van der Waals surface area contributed by atoms with Crippen molar-refractivity contribution in [3.63, 3.8) is 0 Å². The van der Waals surface area contributed by atoms with E-state index in [0.29, 0.717) is 46.0 Å². The molecule has 6 fully saturated rings. The number of hydrogen-bond donors (Lipinski definition) is 3. The molecule has 1 aliphatic heterocycles. The molecule has 12 atom stereocenters. The van der Waals surface area contributed by atoms with Crippen LogP contribution in [0.15, 0.2) is 12.7 Å². The summed E-state index contributed by atoms with van der Waals surface area (Å²) in [6.45, 7) is 18.1. The molecular weight excluding hydrogens is 482 g/mol. The SMILES string of the molecule is C=CC1CC2C3CCC4C(C)C(OC(=O)NC5CNC5)CCC45CC35CCC2(C)C1CCC(C)C(N)C(C)C. The van der Waals surface area contributed by atoms with Gasteiger partial charge in [-0.05, 0) is 128 Å². The first-order chi connectivity index (χ1) is 18.6. The lowest BCUT2D eigenvalue weighted by Crippen LogP contribution is -2.57. The van der Waals surface area contributed by atoms with Gasteiger partial charge in [0.25, 0.3) is 0 Å². The average Bonchev–Trinajstić information content (AvgIpc) is 3.46. The molecule has 5 saturated carbocycles. The summed E-state index contributed by atoms with van der Waals surface area (Å²) in [7, 11) is 0. The summed E-state index contributed by atoms with van der Waals surface area (Å²) in [6, 6.07) is 0.544. The molecular formula is C34H57N3O2. The van der Waals surface area contributed by atoms with Crippen LogP contribution in [0.5, 0.6) is 0 Å². The lowest BCUT2D eigenvalue weighted by Gasteiger charge is -2.57. The van der Waals surface area contributed by atoms with Crippen LogP contribution < -0.4 is 16.4 Å². The summed E-state index contributed by atoms with van der Waals surface area (Å²) in [5.74, 6) is 5.49. The van der Waals surface area contributed by atoms with Crippen molar-refractivity contribution in [1.82, 2.24) is 10.6 Å². The number of nitrogens with two attached hydrogens (primary N) is 1. The molecule has 0 bridgehead atoms. The van der Waals surface area contributed by atoms with E-state index in [-0.39, 0.29) is 18.2 Å². The highest BCUT2D eigenvalue weighted by Gasteiger charge is 2.79.